The van der Waals surface area contributed by atoms with E-state index in [4.69, 9.17) is 5.26 Å². The normalized spacial score (nSPS) is 17.6. The zero-order chi connectivity index (χ0) is 10.9. The molecule has 5 heteroatoms. The molecule has 0 saturated heterocycles. The Morgan fingerprint density at radius 3 is 2.80 bits per heavy atom. The summed E-state index contributed by atoms with van der Waals surface area (Å²) in [6.07, 6.45) is 2.54. The van der Waals surface area contributed by atoms with E-state index in [0.29, 0.717) is 4.88 Å². The van der Waals surface area contributed by atoms with Crippen LogP contribution in [0.15, 0.2) is 15.9 Å². The van der Waals surface area contributed by atoms with Crippen molar-refractivity contribution < 1.29 is 4.79 Å². The lowest BCUT2D eigenvalue weighted by Gasteiger charge is -2.35. The molecule has 0 unspecified atom stereocenters. The number of nitrogens with one attached hydrogen (secondary N) is 1. The molecular formula is C10H9BrN2OS. The number of carbonyl (C=O) groups excluding carboxylic acids is 1. The van der Waals surface area contributed by atoms with Crippen molar-refractivity contribution in [3.8, 4) is 6.07 Å². The molecule has 1 aliphatic carbocycles. The van der Waals surface area contributed by atoms with Crippen molar-refractivity contribution in [2.24, 2.45) is 0 Å². The summed E-state index contributed by atoms with van der Waals surface area (Å²) in [6, 6.07) is 4.02. The summed E-state index contributed by atoms with van der Waals surface area (Å²) in [5, 5.41) is 13.6. The smallest absolute Gasteiger partial charge is 0.263 e. The second-order valence-corrected chi connectivity index (χ2v) is 5.37. The summed E-state index contributed by atoms with van der Waals surface area (Å²) in [7, 11) is 0. The molecule has 0 aliphatic heterocycles. The lowest BCUT2D eigenvalue weighted by molar-refractivity contribution is 0.0885. The van der Waals surface area contributed by atoms with Crippen LogP contribution in [-0.2, 0) is 0 Å². The van der Waals surface area contributed by atoms with Crippen molar-refractivity contribution in [3.63, 3.8) is 0 Å². The van der Waals surface area contributed by atoms with E-state index in [1.165, 1.54) is 11.3 Å². The van der Waals surface area contributed by atoms with Crippen LogP contribution in [0.5, 0.6) is 0 Å². The van der Waals surface area contributed by atoms with Gasteiger partial charge in [0.05, 0.1) is 6.07 Å². The minimum absolute atomic E-state index is 0.155. The number of thiophene rings is 1. The lowest BCUT2D eigenvalue weighted by atomic mass is 9.78. The average molecular weight is 285 g/mol. The lowest BCUT2D eigenvalue weighted by Crippen LogP contribution is -2.52. The Morgan fingerprint density at radius 1 is 1.67 bits per heavy atom. The van der Waals surface area contributed by atoms with Gasteiger partial charge in [0.15, 0.2) is 0 Å². The molecule has 1 saturated carbocycles. The minimum atomic E-state index is -0.611. The largest absolute Gasteiger partial charge is 0.333 e. The Hall–Kier alpha value is -0.860. The molecule has 2 rings (SSSR count). The number of amides is 1. The number of carbonyl (C=O) groups is 1. The Kier molecular flexibility index (Phi) is 2.81. The SMILES string of the molecule is N#CC1(NC(=O)c2sccc2Br)CCC1. The number of rotatable bonds is 2. The molecule has 1 N–H and O–H groups in total. The maximum absolute atomic E-state index is 11.8. The molecule has 15 heavy (non-hydrogen) atoms. The fourth-order valence-corrected chi connectivity index (χ4v) is 2.97. The molecule has 3 nitrogen and oxygen atoms in total. The van der Waals surface area contributed by atoms with Crippen LogP contribution in [-0.4, -0.2) is 11.4 Å². The highest BCUT2D eigenvalue weighted by Crippen LogP contribution is 2.32. The van der Waals surface area contributed by atoms with Crippen molar-refractivity contribution >= 4 is 33.2 Å². The van der Waals surface area contributed by atoms with E-state index in [2.05, 4.69) is 27.3 Å². The first-order valence-electron chi connectivity index (χ1n) is 4.64. The monoisotopic (exact) mass is 284 g/mol. The van der Waals surface area contributed by atoms with Crippen LogP contribution >= 0.6 is 27.3 Å². The zero-order valence-corrected chi connectivity index (χ0v) is 10.3. The third kappa shape index (κ3) is 1.92. The zero-order valence-electron chi connectivity index (χ0n) is 7.92. The van der Waals surface area contributed by atoms with Gasteiger partial charge in [0.1, 0.15) is 10.4 Å². The highest BCUT2D eigenvalue weighted by molar-refractivity contribution is 9.10. The second-order valence-electron chi connectivity index (χ2n) is 3.60. The first-order valence-corrected chi connectivity index (χ1v) is 6.31. The average Bonchev–Trinajstić information content (AvgIpc) is 2.58. The van der Waals surface area contributed by atoms with Crippen LogP contribution in [0.25, 0.3) is 0 Å². The molecule has 1 fully saturated rings. The van der Waals surface area contributed by atoms with Gasteiger partial charge in [-0.2, -0.15) is 5.26 Å². The first kappa shape index (κ1) is 10.7. The van der Waals surface area contributed by atoms with E-state index in [0.717, 1.165) is 23.7 Å². The van der Waals surface area contributed by atoms with Gasteiger partial charge in [0, 0.05) is 4.47 Å². The van der Waals surface area contributed by atoms with Crippen LogP contribution in [0, 0.1) is 11.3 Å². The van der Waals surface area contributed by atoms with Gasteiger partial charge < -0.3 is 5.32 Å². The van der Waals surface area contributed by atoms with E-state index in [1.807, 2.05) is 11.4 Å². The van der Waals surface area contributed by atoms with E-state index >= 15 is 0 Å². The van der Waals surface area contributed by atoms with Gasteiger partial charge >= 0.3 is 0 Å². The molecule has 0 radical (unpaired) electrons. The fraction of sp³-hybridized carbons (Fsp3) is 0.400. The predicted molar refractivity (Wildman–Crippen MR) is 61.7 cm³/mol. The summed E-state index contributed by atoms with van der Waals surface area (Å²) in [6.45, 7) is 0. The van der Waals surface area contributed by atoms with Gasteiger partial charge in [0.2, 0.25) is 0 Å². The van der Waals surface area contributed by atoms with Gasteiger partial charge in [-0.05, 0) is 46.6 Å². The van der Waals surface area contributed by atoms with Crippen molar-refractivity contribution in [1.29, 1.82) is 5.26 Å². The van der Waals surface area contributed by atoms with E-state index in [-0.39, 0.29) is 5.91 Å². The number of nitriles is 1. The number of hydrogen-bond donors (Lipinski definition) is 1. The number of hydrogen-bond acceptors (Lipinski definition) is 3. The molecule has 0 aromatic carbocycles. The molecule has 78 valence electrons. The van der Waals surface area contributed by atoms with Crippen molar-refractivity contribution in [2.75, 3.05) is 0 Å². The van der Waals surface area contributed by atoms with Crippen molar-refractivity contribution in [3.05, 3.63) is 20.8 Å². The summed E-state index contributed by atoms with van der Waals surface area (Å²) in [4.78, 5) is 12.4. The standard InChI is InChI=1S/C10H9BrN2OS/c11-7-2-5-15-8(7)9(14)13-10(6-12)3-1-4-10/h2,5H,1,3-4H2,(H,13,14). The molecule has 0 atom stereocenters. The van der Waals surface area contributed by atoms with E-state index in [9.17, 15) is 4.79 Å². The van der Waals surface area contributed by atoms with E-state index in [1.54, 1.807) is 0 Å². The molecule has 1 heterocycles. The Morgan fingerprint density at radius 2 is 2.40 bits per heavy atom. The van der Waals surface area contributed by atoms with Gasteiger partial charge in [0.25, 0.3) is 5.91 Å². The van der Waals surface area contributed by atoms with E-state index < -0.39 is 5.54 Å². The summed E-state index contributed by atoms with van der Waals surface area (Å²) in [5.41, 5.74) is -0.611. The quantitative estimate of drug-likeness (QED) is 0.908. The number of nitrogens with zero attached hydrogens (tertiary/aromatic N) is 1. The summed E-state index contributed by atoms with van der Waals surface area (Å²) < 4.78 is 0.789. The molecule has 0 spiro atoms. The molecule has 1 aliphatic rings. The van der Waals surface area contributed by atoms with Crippen LogP contribution in [0.2, 0.25) is 0 Å². The Balaban J connectivity index is 2.11. The minimum Gasteiger partial charge on any atom is -0.333 e. The van der Waals surface area contributed by atoms with Crippen LogP contribution in [0.1, 0.15) is 28.9 Å². The second kappa shape index (κ2) is 3.95. The Labute approximate surface area is 100 Å². The highest BCUT2D eigenvalue weighted by Gasteiger charge is 2.39. The molecule has 1 aromatic heterocycles. The molecule has 1 amide bonds. The third-order valence-corrected chi connectivity index (χ3v) is 4.43. The van der Waals surface area contributed by atoms with Gasteiger partial charge in [-0.25, -0.2) is 0 Å². The topological polar surface area (TPSA) is 52.9 Å². The predicted octanol–water partition coefficient (Wildman–Crippen LogP) is 2.69. The van der Waals surface area contributed by atoms with Crippen molar-refractivity contribution in [1.82, 2.24) is 5.32 Å². The highest BCUT2D eigenvalue weighted by atomic mass is 79.9. The third-order valence-electron chi connectivity index (χ3n) is 2.60. The fourth-order valence-electron chi connectivity index (χ4n) is 1.52. The summed E-state index contributed by atoms with van der Waals surface area (Å²) in [5.74, 6) is -0.155. The maximum Gasteiger partial charge on any atom is 0.263 e. The summed E-state index contributed by atoms with van der Waals surface area (Å²) >= 11 is 4.68. The molecule has 1 aromatic rings. The number of halogens is 1. The van der Waals surface area contributed by atoms with Gasteiger partial charge in [-0.3, -0.25) is 4.79 Å². The van der Waals surface area contributed by atoms with Gasteiger partial charge in [-0.15, -0.1) is 11.3 Å². The molecular weight excluding hydrogens is 276 g/mol. The maximum atomic E-state index is 11.8. The Bertz CT molecular complexity index is 431. The molecule has 0 bridgehead atoms. The van der Waals surface area contributed by atoms with Gasteiger partial charge in [-0.1, -0.05) is 0 Å². The first-order chi connectivity index (χ1) is 7.17. The van der Waals surface area contributed by atoms with Crippen LogP contribution in [0.4, 0.5) is 0 Å². The van der Waals surface area contributed by atoms with Crippen molar-refractivity contribution in [2.45, 2.75) is 24.8 Å². The van der Waals surface area contributed by atoms with Crippen LogP contribution < -0.4 is 5.32 Å². The van der Waals surface area contributed by atoms with Crippen LogP contribution in [0.3, 0.4) is 0 Å².